The van der Waals surface area contributed by atoms with Crippen molar-refractivity contribution in [2.45, 2.75) is 0 Å². The molecule has 0 N–H and O–H groups in total. The van der Waals surface area contributed by atoms with Crippen LogP contribution in [0.3, 0.4) is 0 Å². The molecular weight excluding hydrogens is 105 g/mol. The van der Waals surface area contributed by atoms with Crippen molar-refractivity contribution < 1.29 is 9.57 Å². The van der Waals surface area contributed by atoms with Crippen molar-refractivity contribution in [1.29, 1.82) is 0 Å². The highest BCUT2D eigenvalue weighted by molar-refractivity contribution is 5.85. The van der Waals surface area contributed by atoms with Crippen LogP contribution in [-0.2, 0) is 9.57 Å². The molecule has 0 aromatic carbocycles. The van der Waals surface area contributed by atoms with Gasteiger partial charge in [0.15, 0.2) is 0 Å². The Labute approximate surface area is 41.3 Å². The summed E-state index contributed by atoms with van der Waals surface area (Å²) in [6.45, 7) is 0.278. The quantitative estimate of drug-likeness (QED) is 0.450. The Kier molecular flexibility index (Phi) is 2.58. The Balaban J connectivity index is 0.000000250. The van der Waals surface area contributed by atoms with E-state index in [2.05, 4.69) is 14.7 Å². The zero-order valence-electron chi connectivity index (χ0n) is 2.96. The minimum absolute atomic E-state index is 0. The highest BCUT2D eigenvalue weighted by atomic mass is 35.5. The maximum Gasteiger partial charge on any atom is 0.257 e. The molecule has 0 aromatic rings. The van der Waals surface area contributed by atoms with Crippen LogP contribution in [0.4, 0.5) is 0 Å². The van der Waals surface area contributed by atoms with E-state index in [1.807, 2.05) is 0 Å². The van der Waals surface area contributed by atoms with Gasteiger partial charge in [-0.05, 0) is 0 Å². The fourth-order valence-electron chi connectivity index (χ4n) is 0.152. The first-order chi connectivity index (χ1) is 2.50. The van der Waals surface area contributed by atoms with E-state index in [9.17, 15) is 0 Å². The lowest BCUT2D eigenvalue weighted by Gasteiger charge is -1.77. The molecule has 1 heterocycles. The highest BCUT2D eigenvalue weighted by Crippen LogP contribution is 1.81. The van der Waals surface area contributed by atoms with E-state index >= 15 is 0 Å². The van der Waals surface area contributed by atoms with Gasteiger partial charge in [0, 0.05) is 0 Å². The second-order valence-electron chi connectivity index (χ2n) is 0.624. The molecule has 0 radical (unpaired) electrons. The first-order valence-electron chi connectivity index (χ1n) is 1.25. The molecule has 0 saturated heterocycles. The summed E-state index contributed by atoms with van der Waals surface area (Å²) >= 11 is 0. The average molecular weight is 110 g/mol. The number of nitrogens with zero attached hydrogens (tertiary/aromatic N) is 1. The van der Waals surface area contributed by atoms with E-state index in [4.69, 9.17) is 0 Å². The van der Waals surface area contributed by atoms with Crippen LogP contribution in [0.25, 0.3) is 0 Å². The maximum absolute atomic E-state index is 4.43. The van der Waals surface area contributed by atoms with Crippen molar-refractivity contribution >= 4 is 18.8 Å². The van der Waals surface area contributed by atoms with E-state index in [-0.39, 0.29) is 19.2 Å². The number of hydrogen-bond acceptors (Lipinski definition) is 3. The van der Waals surface area contributed by atoms with Crippen LogP contribution in [0, 0.1) is 0 Å². The largest absolute Gasteiger partial charge is 0.441 e. The maximum atomic E-state index is 4.43. The molecular formula is C2H4ClNO2. The Bertz CT molecular complexity index is 49.5. The third-order valence-corrected chi connectivity index (χ3v) is 0.313. The van der Waals surface area contributed by atoms with Gasteiger partial charge in [-0.15, -0.1) is 12.4 Å². The molecule has 4 heteroatoms. The van der Waals surface area contributed by atoms with Gasteiger partial charge in [0.2, 0.25) is 6.40 Å². The van der Waals surface area contributed by atoms with Crippen molar-refractivity contribution in [3.63, 3.8) is 0 Å². The Morgan fingerprint density at radius 1 is 1.67 bits per heavy atom. The Hall–Kier alpha value is -0.440. The van der Waals surface area contributed by atoms with Crippen molar-refractivity contribution in [2.75, 3.05) is 6.79 Å². The second-order valence-corrected chi connectivity index (χ2v) is 0.624. The molecule has 6 heavy (non-hydrogen) atoms. The third-order valence-electron chi connectivity index (χ3n) is 0.313. The van der Waals surface area contributed by atoms with Crippen molar-refractivity contribution in [3.8, 4) is 0 Å². The fraction of sp³-hybridized carbons (Fsp3) is 0.500. The van der Waals surface area contributed by atoms with Crippen LogP contribution in [0.2, 0.25) is 0 Å². The van der Waals surface area contributed by atoms with E-state index in [0.29, 0.717) is 0 Å². The molecule has 0 amide bonds. The monoisotopic (exact) mass is 109 g/mol. The fourth-order valence-corrected chi connectivity index (χ4v) is 0.152. The SMILES string of the molecule is C1=NOCO1.Cl. The number of ether oxygens (including phenoxy) is 1. The van der Waals surface area contributed by atoms with Gasteiger partial charge in [-0.3, -0.25) is 0 Å². The summed E-state index contributed by atoms with van der Waals surface area (Å²) in [6, 6.07) is 0. The molecule has 0 atom stereocenters. The normalized spacial score (nSPS) is 14.7. The van der Waals surface area contributed by atoms with Crippen molar-refractivity contribution in [2.24, 2.45) is 5.16 Å². The summed E-state index contributed by atoms with van der Waals surface area (Å²) < 4.78 is 4.43. The molecule has 0 aromatic heterocycles. The van der Waals surface area contributed by atoms with E-state index in [1.165, 1.54) is 6.40 Å². The summed E-state index contributed by atoms with van der Waals surface area (Å²) in [5, 5.41) is 3.24. The minimum atomic E-state index is 0. The lowest BCUT2D eigenvalue weighted by molar-refractivity contribution is 0.0595. The highest BCUT2D eigenvalue weighted by Gasteiger charge is 1.84. The molecule has 0 aliphatic carbocycles. The number of oxime groups is 1. The molecule has 3 nitrogen and oxygen atoms in total. The van der Waals surface area contributed by atoms with Gasteiger partial charge in [0.25, 0.3) is 6.79 Å². The van der Waals surface area contributed by atoms with Gasteiger partial charge in [-0.1, -0.05) is 5.16 Å². The molecule has 0 unspecified atom stereocenters. The van der Waals surface area contributed by atoms with Gasteiger partial charge in [0.05, 0.1) is 0 Å². The molecule has 36 valence electrons. The molecule has 0 bridgehead atoms. The van der Waals surface area contributed by atoms with Gasteiger partial charge in [-0.2, -0.15) is 0 Å². The van der Waals surface area contributed by atoms with E-state index in [0.717, 1.165) is 0 Å². The van der Waals surface area contributed by atoms with Crippen LogP contribution in [0.1, 0.15) is 0 Å². The average Bonchev–Trinajstić information content (AvgIpc) is 1.76. The number of rotatable bonds is 0. The van der Waals surface area contributed by atoms with Crippen molar-refractivity contribution in [1.82, 2.24) is 0 Å². The van der Waals surface area contributed by atoms with Gasteiger partial charge >= 0.3 is 0 Å². The Morgan fingerprint density at radius 3 is 2.67 bits per heavy atom. The molecule has 1 aliphatic rings. The van der Waals surface area contributed by atoms with E-state index < -0.39 is 0 Å². The Morgan fingerprint density at radius 2 is 2.50 bits per heavy atom. The minimum Gasteiger partial charge on any atom is -0.441 e. The van der Waals surface area contributed by atoms with Crippen LogP contribution >= 0.6 is 12.4 Å². The molecule has 0 saturated carbocycles. The lowest BCUT2D eigenvalue weighted by Crippen LogP contribution is -1.77. The number of halogens is 1. The number of hydrogen-bond donors (Lipinski definition) is 0. The van der Waals surface area contributed by atoms with Crippen LogP contribution in [0.15, 0.2) is 5.16 Å². The molecule has 0 fully saturated rings. The second kappa shape index (κ2) is 2.78. The van der Waals surface area contributed by atoms with Crippen LogP contribution in [-0.4, -0.2) is 13.2 Å². The molecule has 1 aliphatic heterocycles. The first-order valence-corrected chi connectivity index (χ1v) is 1.25. The first kappa shape index (κ1) is 5.56. The summed E-state index contributed by atoms with van der Waals surface area (Å²) in [7, 11) is 0. The summed E-state index contributed by atoms with van der Waals surface area (Å²) in [4.78, 5) is 4.29. The summed E-state index contributed by atoms with van der Waals surface area (Å²) in [6.07, 6.45) is 1.26. The third kappa shape index (κ3) is 1.12. The smallest absolute Gasteiger partial charge is 0.257 e. The predicted octanol–water partition coefficient (Wildman–Crippen LogP) is 0.356. The van der Waals surface area contributed by atoms with Gasteiger partial charge < -0.3 is 9.57 Å². The van der Waals surface area contributed by atoms with Gasteiger partial charge in [0.1, 0.15) is 0 Å². The predicted molar refractivity (Wildman–Crippen MR) is 22.8 cm³/mol. The molecule has 0 spiro atoms. The van der Waals surface area contributed by atoms with Crippen molar-refractivity contribution in [3.05, 3.63) is 0 Å². The standard InChI is InChI=1S/C2H3NO2.ClH/c1-3-5-2-4-1;/h1H,2H2;1H. The lowest BCUT2D eigenvalue weighted by atomic mass is 11.4. The summed E-state index contributed by atoms with van der Waals surface area (Å²) in [5.41, 5.74) is 0. The van der Waals surface area contributed by atoms with E-state index in [1.54, 1.807) is 0 Å². The van der Waals surface area contributed by atoms with Gasteiger partial charge in [-0.25, -0.2) is 0 Å². The van der Waals surface area contributed by atoms with Crippen LogP contribution < -0.4 is 0 Å². The zero-order valence-corrected chi connectivity index (χ0v) is 3.77. The molecule has 1 rings (SSSR count). The van der Waals surface area contributed by atoms with Crippen LogP contribution in [0.5, 0.6) is 0 Å². The topological polar surface area (TPSA) is 30.8 Å². The summed E-state index contributed by atoms with van der Waals surface area (Å²) in [5.74, 6) is 0. The zero-order chi connectivity index (χ0) is 3.54.